The van der Waals surface area contributed by atoms with Crippen LogP contribution in [-0.4, -0.2) is 63.8 Å². The predicted octanol–water partition coefficient (Wildman–Crippen LogP) is -0.710. The van der Waals surface area contributed by atoms with Gasteiger partial charge in [0.15, 0.2) is 0 Å². The smallest absolute Gasteiger partial charge is 0.310 e. The second kappa shape index (κ2) is 6.33. The first-order valence-corrected chi connectivity index (χ1v) is 6.53. The maximum absolute atomic E-state index is 11.9. The van der Waals surface area contributed by atoms with E-state index in [9.17, 15) is 4.79 Å². The molecule has 2 N–H and O–H groups in total. The van der Waals surface area contributed by atoms with Crippen molar-refractivity contribution >= 4 is 5.97 Å². The lowest BCUT2D eigenvalue weighted by molar-refractivity contribution is -0.148. The molecule has 98 valence electrons. The number of rotatable bonds is 4. The Hall–Kier alpha value is -0.650. The zero-order valence-electron chi connectivity index (χ0n) is 10.6. The number of methoxy groups -OCH3 is 1. The first-order valence-electron chi connectivity index (χ1n) is 6.53. The fraction of sp³-hybridized carbons (Fsp3) is 0.917. The summed E-state index contributed by atoms with van der Waals surface area (Å²) in [7, 11) is 1.50. The van der Waals surface area contributed by atoms with Gasteiger partial charge in [-0.1, -0.05) is 0 Å². The van der Waals surface area contributed by atoms with Crippen LogP contribution in [0.15, 0.2) is 0 Å². The molecular weight excluding hydrogens is 218 g/mol. The molecule has 2 heterocycles. The Morgan fingerprint density at radius 3 is 2.71 bits per heavy atom. The molecule has 5 heteroatoms. The molecule has 5 nitrogen and oxygen atoms in total. The zero-order chi connectivity index (χ0) is 12.1. The number of hydrogen-bond acceptors (Lipinski definition) is 5. The third-order valence-electron chi connectivity index (χ3n) is 3.84. The van der Waals surface area contributed by atoms with Gasteiger partial charge >= 0.3 is 5.97 Å². The van der Waals surface area contributed by atoms with Gasteiger partial charge in [0.2, 0.25) is 0 Å². The Kier molecular flexibility index (Phi) is 4.76. The van der Waals surface area contributed by atoms with Crippen LogP contribution in [0.25, 0.3) is 0 Å². The van der Waals surface area contributed by atoms with E-state index in [1.165, 1.54) is 7.11 Å². The van der Waals surface area contributed by atoms with Gasteiger partial charge in [-0.3, -0.25) is 9.69 Å². The van der Waals surface area contributed by atoms with Crippen molar-refractivity contribution in [3.63, 3.8) is 0 Å². The summed E-state index contributed by atoms with van der Waals surface area (Å²) in [6.07, 6.45) is 1.09. The van der Waals surface area contributed by atoms with E-state index in [-0.39, 0.29) is 11.9 Å². The fourth-order valence-electron chi connectivity index (χ4n) is 2.76. The van der Waals surface area contributed by atoms with Gasteiger partial charge in [0.05, 0.1) is 13.0 Å². The molecule has 2 aliphatic heterocycles. The molecule has 0 aromatic heterocycles. The summed E-state index contributed by atoms with van der Waals surface area (Å²) in [5, 5.41) is 6.66. The van der Waals surface area contributed by atoms with Crippen LogP contribution in [0.2, 0.25) is 0 Å². The highest BCUT2D eigenvalue weighted by Gasteiger charge is 2.33. The number of esters is 1. The molecule has 2 atom stereocenters. The SMILES string of the molecule is COC(=O)C(CN1CCNCC1)C1CCNC1. The Morgan fingerprint density at radius 2 is 2.12 bits per heavy atom. The third-order valence-corrected chi connectivity index (χ3v) is 3.84. The Bertz CT molecular complexity index is 248. The summed E-state index contributed by atoms with van der Waals surface area (Å²) in [6.45, 7) is 6.95. The van der Waals surface area contributed by atoms with Gasteiger partial charge in [-0.05, 0) is 25.4 Å². The summed E-state index contributed by atoms with van der Waals surface area (Å²) >= 11 is 0. The van der Waals surface area contributed by atoms with Gasteiger partial charge in [0.1, 0.15) is 0 Å². The molecule has 17 heavy (non-hydrogen) atoms. The normalized spacial score (nSPS) is 27.9. The summed E-state index contributed by atoms with van der Waals surface area (Å²) in [5.41, 5.74) is 0. The summed E-state index contributed by atoms with van der Waals surface area (Å²) < 4.78 is 4.96. The highest BCUT2D eigenvalue weighted by molar-refractivity contribution is 5.73. The zero-order valence-corrected chi connectivity index (χ0v) is 10.6. The topological polar surface area (TPSA) is 53.6 Å². The van der Waals surface area contributed by atoms with Crippen LogP contribution < -0.4 is 10.6 Å². The molecule has 2 unspecified atom stereocenters. The number of carbonyl (C=O) groups is 1. The molecule has 0 radical (unpaired) electrons. The third kappa shape index (κ3) is 3.40. The summed E-state index contributed by atoms with van der Waals surface area (Å²) in [5.74, 6) is 0.433. The monoisotopic (exact) mass is 241 g/mol. The largest absolute Gasteiger partial charge is 0.469 e. The van der Waals surface area contributed by atoms with Crippen LogP contribution in [0.1, 0.15) is 6.42 Å². The van der Waals surface area contributed by atoms with E-state index in [0.29, 0.717) is 5.92 Å². The van der Waals surface area contributed by atoms with Crippen LogP contribution in [0.5, 0.6) is 0 Å². The minimum absolute atomic E-state index is 0.0353. The van der Waals surface area contributed by atoms with Crippen molar-refractivity contribution in [3.8, 4) is 0 Å². The van der Waals surface area contributed by atoms with E-state index >= 15 is 0 Å². The maximum atomic E-state index is 11.9. The van der Waals surface area contributed by atoms with Gasteiger partial charge in [-0.15, -0.1) is 0 Å². The molecule has 0 saturated carbocycles. The molecule has 0 aromatic carbocycles. The molecule has 0 amide bonds. The van der Waals surface area contributed by atoms with Crippen molar-refractivity contribution in [2.24, 2.45) is 11.8 Å². The highest BCUT2D eigenvalue weighted by atomic mass is 16.5. The molecule has 2 saturated heterocycles. The molecule has 0 spiro atoms. The van der Waals surface area contributed by atoms with E-state index in [4.69, 9.17) is 4.74 Å². The quantitative estimate of drug-likeness (QED) is 0.637. The van der Waals surface area contributed by atoms with E-state index in [0.717, 1.165) is 52.2 Å². The minimum Gasteiger partial charge on any atom is -0.469 e. The van der Waals surface area contributed by atoms with Crippen LogP contribution >= 0.6 is 0 Å². The van der Waals surface area contributed by atoms with Crippen molar-refractivity contribution in [1.82, 2.24) is 15.5 Å². The van der Waals surface area contributed by atoms with Crippen molar-refractivity contribution in [2.45, 2.75) is 6.42 Å². The Morgan fingerprint density at radius 1 is 1.35 bits per heavy atom. The number of ether oxygens (including phenoxy) is 1. The molecule has 0 aliphatic carbocycles. The second-order valence-corrected chi connectivity index (χ2v) is 4.93. The van der Waals surface area contributed by atoms with Crippen LogP contribution in [0.3, 0.4) is 0 Å². The van der Waals surface area contributed by atoms with Gasteiger partial charge in [0.25, 0.3) is 0 Å². The van der Waals surface area contributed by atoms with Crippen LogP contribution in [0, 0.1) is 11.8 Å². The fourth-order valence-corrected chi connectivity index (χ4v) is 2.76. The number of piperazine rings is 1. The Labute approximate surface area is 103 Å². The van der Waals surface area contributed by atoms with Crippen molar-refractivity contribution in [1.29, 1.82) is 0 Å². The second-order valence-electron chi connectivity index (χ2n) is 4.93. The van der Waals surface area contributed by atoms with E-state index in [1.807, 2.05) is 0 Å². The average Bonchev–Trinajstić information content (AvgIpc) is 2.90. The lowest BCUT2D eigenvalue weighted by atomic mass is 9.91. The van der Waals surface area contributed by atoms with E-state index < -0.39 is 0 Å². The Balaban J connectivity index is 1.91. The van der Waals surface area contributed by atoms with E-state index in [1.54, 1.807) is 0 Å². The molecule has 2 aliphatic rings. The van der Waals surface area contributed by atoms with Gasteiger partial charge < -0.3 is 15.4 Å². The molecule has 0 bridgehead atoms. The summed E-state index contributed by atoms with van der Waals surface area (Å²) in [6, 6.07) is 0. The van der Waals surface area contributed by atoms with Crippen molar-refractivity contribution in [2.75, 3.05) is 52.9 Å². The van der Waals surface area contributed by atoms with Crippen molar-refractivity contribution < 1.29 is 9.53 Å². The summed E-state index contributed by atoms with van der Waals surface area (Å²) in [4.78, 5) is 14.3. The van der Waals surface area contributed by atoms with Crippen molar-refractivity contribution in [3.05, 3.63) is 0 Å². The van der Waals surface area contributed by atoms with E-state index in [2.05, 4.69) is 15.5 Å². The molecule has 2 rings (SSSR count). The number of hydrogen-bond donors (Lipinski definition) is 2. The first-order chi connectivity index (χ1) is 8.31. The number of nitrogens with zero attached hydrogens (tertiary/aromatic N) is 1. The standard InChI is InChI=1S/C12H23N3O2/c1-17-12(16)11(10-2-3-14-8-10)9-15-6-4-13-5-7-15/h10-11,13-14H,2-9H2,1H3. The lowest BCUT2D eigenvalue weighted by Crippen LogP contribution is -2.47. The molecule has 2 fully saturated rings. The minimum atomic E-state index is -0.0442. The van der Waals surface area contributed by atoms with Gasteiger partial charge in [-0.2, -0.15) is 0 Å². The predicted molar refractivity (Wildman–Crippen MR) is 65.8 cm³/mol. The highest BCUT2D eigenvalue weighted by Crippen LogP contribution is 2.21. The number of nitrogens with one attached hydrogen (secondary N) is 2. The lowest BCUT2D eigenvalue weighted by Gasteiger charge is -2.31. The van der Waals surface area contributed by atoms with Crippen LogP contribution in [0.4, 0.5) is 0 Å². The molecule has 0 aromatic rings. The van der Waals surface area contributed by atoms with Gasteiger partial charge in [-0.25, -0.2) is 0 Å². The van der Waals surface area contributed by atoms with Crippen LogP contribution in [-0.2, 0) is 9.53 Å². The van der Waals surface area contributed by atoms with Gasteiger partial charge in [0, 0.05) is 32.7 Å². The molecular formula is C12H23N3O2. The number of carbonyl (C=O) groups excluding carboxylic acids is 1. The first kappa shape index (κ1) is 12.8. The average molecular weight is 241 g/mol. The maximum Gasteiger partial charge on any atom is 0.310 e.